The summed E-state index contributed by atoms with van der Waals surface area (Å²) >= 11 is 0. The zero-order valence-corrected chi connectivity index (χ0v) is 17.3. The highest BCUT2D eigenvalue weighted by molar-refractivity contribution is 6.95. The standard InChI is InChI=1S/C21H34O3Si/c1-6-11-12-18(7-2)17-23-24-21(22)19-13-15-20(16-14-19)25(8-3,9-4)10-5/h8,13-16,18H,3,6-7,9-12,17H2,1-2,4-5H3. The van der Waals surface area contributed by atoms with Crippen molar-refractivity contribution in [2.75, 3.05) is 6.61 Å². The van der Waals surface area contributed by atoms with Gasteiger partial charge in [-0.05, 0) is 24.5 Å². The lowest BCUT2D eigenvalue weighted by molar-refractivity contribution is -0.249. The third-order valence-electron chi connectivity index (χ3n) is 5.33. The van der Waals surface area contributed by atoms with Crippen LogP contribution in [0.15, 0.2) is 36.5 Å². The predicted molar refractivity (Wildman–Crippen MR) is 108 cm³/mol. The summed E-state index contributed by atoms with van der Waals surface area (Å²) in [5, 5.41) is 1.32. The van der Waals surface area contributed by atoms with Crippen molar-refractivity contribution < 1.29 is 14.6 Å². The number of hydrogen-bond donors (Lipinski definition) is 0. The van der Waals surface area contributed by atoms with Crippen molar-refractivity contribution in [2.24, 2.45) is 5.92 Å². The summed E-state index contributed by atoms with van der Waals surface area (Å²) in [6.45, 7) is 13.3. The van der Waals surface area contributed by atoms with Gasteiger partial charge in [-0.3, -0.25) is 4.89 Å². The van der Waals surface area contributed by atoms with Gasteiger partial charge >= 0.3 is 5.97 Å². The van der Waals surface area contributed by atoms with Crippen LogP contribution < -0.4 is 5.19 Å². The van der Waals surface area contributed by atoms with Crippen LogP contribution in [0.4, 0.5) is 0 Å². The summed E-state index contributed by atoms with van der Waals surface area (Å²) in [5.41, 5.74) is 2.68. The van der Waals surface area contributed by atoms with E-state index in [0.29, 0.717) is 18.1 Å². The minimum atomic E-state index is -1.63. The van der Waals surface area contributed by atoms with E-state index in [9.17, 15) is 4.79 Å². The molecule has 1 aromatic rings. The van der Waals surface area contributed by atoms with Crippen LogP contribution in [-0.2, 0) is 9.78 Å². The molecule has 1 atom stereocenters. The summed E-state index contributed by atoms with van der Waals surface area (Å²) in [6.07, 6.45) is 4.50. The lowest BCUT2D eigenvalue weighted by atomic mass is 10.0. The Morgan fingerprint density at radius 3 is 2.28 bits per heavy atom. The lowest BCUT2D eigenvalue weighted by Crippen LogP contribution is -2.44. The van der Waals surface area contributed by atoms with Gasteiger partial charge in [0, 0.05) is 0 Å². The molecule has 1 unspecified atom stereocenters. The number of rotatable bonds is 12. The van der Waals surface area contributed by atoms with Crippen LogP contribution in [0, 0.1) is 5.92 Å². The molecule has 0 N–H and O–H groups in total. The highest BCUT2D eigenvalue weighted by Crippen LogP contribution is 2.17. The van der Waals surface area contributed by atoms with Crippen molar-refractivity contribution in [3.63, 3.8) is 0 Å². The summed E-state index contributed by atoms with van der Waals surface area (Å²) in [4.78, 5) is 22.3. The molecule has 0 bridgehead atoms. The Hall–Kier alpha value is -1.39. The van der Waals surface area contributed by atoms with Crippen molar-refractivity contribution in [1.82, 2.24) is 0 Å². The van der Waals surface area contributed by atoms with E-state index in [4.69, 9.17) is 9.78 Å². The predicted octanol–water partition coefficient (Wildman–Crippen LogP) is 5.41. The molecule has 4 heteroatoms. The second kappa shape index (κ2) is 11.3. The minimum absolute atomic E-state index is 0.421. The second-order valence-electron chi connectivity index (χ2n) is 6.72. The van der Waals surface area contributed by atoms with Gasteiger partial charge in [-0.25, -0.2) is 4.79 Å². The molecule has 0 heterocycles. The Balaban J connectivity index is 2.61. The Bertz CT molecular complexity index is 520. The van der Waals surface area contributed by atoms with Gasteiger partial charge in [-0.1, -0.05) is 82.1 Å². The highest BCUT2D eigenvalue weighted by atomic mass is 28.3. The zero-order valence-electron chi connectivity index (χ0n) is 16.3. The average Bonchev–Trinajstić information content (AvgIpc) is 2.66. The van der Waals surface area contributed by atoms with Gasteiger partial charge in [0.05, 0.1) is 12.2 Å². The van der Waals surface area contributed by atoms with Crippen LogP contribution in [0.25, 0.3) is 0 Å². The summed E-state index contributed by atoms with van der Waals surface area (Å²) in [5.74, 6) is 0.0270. The van der Waals surface area contributed by atoms with E-state index >= 15 is 0 Å². The van der Waals surface area contributed by atoms with Crippen LogP contribution >= 0.6 is 0 Å². The summed E-state index contributed by atoms with van der Waals surface area (Å²) < 4.78 is 0. The minimum Gasteiger partial charge on any atom is -0.293 e. The first-order valence-electron chi connectivity index (χ1n) is 9.64. The van der Waals surface area contributed by atoms with Gasteiger partial charge in [0.1, 0.15) is 8.07 Å². The third-order valence-corrected chi connectivity index (χ3v) is 10.1. The SMILES string of the molecule is C=C[Si](CC)(CC)c1ccc(C(=O)OOCC(CC)CCCC)cc1. The van der Waals surface area contributed by atoms with Crippen LogP contribution in [0.3, 0.4) is 0 Å². The number of unbranched alkanes of at least 4 members (excludes halogenated alkanes) is 1. The Morgan fingerprint density at radius 1 is 1.16 bits per heavy atom. The van der Waals surface area contributed by atoms with Crippen LogP contribution in [0.5, 0.6) is 0 Å². The Labute approximate surface area is 154 Å². The molecule has 1 rings (SSSR count). The number of benzene rings is 1. The highest BCUT2D eigenvalue weighted by Gasteiger charge is 2.27. The first kappa shape index (κ1) is 21.6. The average molecular weight is 363 g/mol. The van der Waals surface area contributed by atoms with Crippen molar-refractivity contribution >= 4 is 19.2 Å². The molecule has 0 aromatic heterocycles. The molecule has 0 fully saturated rings. The smallest absolute Gasteiger partial charge is 0.293 e. The van der Waals surface area contributed by atoms with E-state index in [1.54, 1.807) is 0 Å². The Morgan fingerprint density at radius 2 is 1.80 bits per heavy atom. The molecule has 0 aliphatic rings. The normalized spacial score (nSPS) is 12.6. The van der Waals surface area contributed by atoms with Crippen molar-refractivity contribution in [3.05, 3.63) is 42.1 Å². The molecule has 25 heavy (non-hydrogen) atoms. The zero-order chi connectivity index (χ0) is 18.7. The van der Waals surface area contributed by atoms with Gasteiger partial charge in [0.25, 0.3) is 0 Å². The van der Waals surface area contributed by atoms with Gasteiger partial charge < -0.3 is 0 Å². The topological polar surface area (TPSA) is 35.5 Å². The monoisotopic (exact) mass is 362 g/mol. The van der Waals surface area contributed by atoms with E-state index in [1.807, 2.05) is 24.3 Å². The maximum absolute atomic E-state index is 12.1. The van der Waals surface area contributed by atoms with Crippen LogP contribution in [0.2, 0.25) is 12.1 Å². The van der Waals surface area contributed by atoms with Crippen molar-refractivity contribution in [1.29, 1.82) is 0 Å². The third kappa shape index (κ3) is 6.12. The molecule has 3 nitrogen and oxygen atoms in total. The fraction of sp³-hybridized carbons (Fsp3) is 0.571. The molecule has 0 aliphatic heterocycles. The molecule has 0 amide bonds. The molecule has 0 saturated heterocycles. The van der Waals surface area contributed by atoms with E-state index in [0.717, 1.165) is 24.9 Å². The summed E-state index contributed by atoms with van der Waals surface area (Å²) in [7, 11) is -1.63. The van der Waals surface area contributed by atoms with Crippen molar-refractivity contribution in [3.8, 4) is 0 Å². The molecular formula is C21H34O3Si. The molecular weight excluding hydrogens is 328 g/mol. The van der Waals surface area contributed by atoms with Crippen LogP contribution in [-0.4, -0.2) is 20.7 Å². The first-order valence-corrected chi connectivity index (χ1v) is 12.1. The van der Waals surface area contributed by atoms with Gasteiger partial charge in [-0.15, -0.1) is 6.58 Å². The largest absolute Gasteiger partial charge is 0.373 e. The van der Waals surface area contributed by atoms with E-state index in [-0.39, 0.29) is 0 Å². The molecule has 0 saturated carbocycles. The Kier molecular flexibility index (Phi) is 9.76. The van der Waals surface area contributed by atoms with Gasteiger partial charge in [0.2, 0.25) is 0 Å². The molecule has 0 aliphatic carbocycles. The number of hydrogen-bond acceptors (Lipinski definition) is 3. The van der Waals surface area contributed by atoms with Crippen molar-refractivity contribution in [2.45, 2.75) is 65.5 Å². The van der Waals surface area contributed by atoms with E-state index < -0.39 is 14.0 Å². The molecule has 0 spiro atoms. The fourth-order valence-electron chi connectivity index (χ4n) is 3.13. The molecule has 140 valence electrons. The molecule has 0 radical (unpaired) electrons. The number of carbonyl (C=O) groups is 1. The van der Waals surface area contributed by atoms with E-state index in [2.05, 4.69) is 40.0 Å². The first-order chi connectivity index (χ1) is 12.1. The lowest BCUT2D eigenvalue weighted by Gasteiger charge is -2.25. The van der Waals surface area contributed by atoms with Gasteiger partial charge in [0.15, 0.2) is 0 Å². The fourth-order valence-corrected chi connectivity index (χ4v) is 6.09. The maximum atomic E-state index is 12.1. The summed E-state index contributed by atoms with van der Waals surface area (Å²) in [6, 6.07) is 10.0. The van der Waals surface area contributed by atoms with Crippen LogP contribution in [0.1, 0.15) is 63.7 Å². The number of carbonyl (C=O) groups excluding carboxylic acids is 1. The van der Waals surface area contributed by atoms with Gasteiger partial charge in [-0.2, -0.15) is 4.89 Å². The maximum Gasteiger partial charge on any atom is 0.373 e. The second-order valence-corrected chi connectivity index (χ2v) is 11.4. The molecule has 1 aromatic carbocycles. The van der Waals surface area contributed by atoms with E-state index in [1.165, 1.54) is 18.0 Å². The quantitative estimate of drug-likeness (QED) is 0.283.